The maximum atomic E-state index is 12.6. The molecule has 1 atom stereocenters. The molecule has 0 spiro atoms. The van der Waals surface area contributed by atoms with Crippen molar-refractivity contribution < 1.29 is 23.9 Å². The van der Waals surface area contributed by atoms with Crippen LogP contribution in [0, 0.1) is 0 Å². The van der Waals surface area contributed by atoms with E-state index in [4.69, 9.17) is 9.47 Å². The Labute approximate surface area is 237 Å². The van der Waals surface area contributed by atoms with E-state index in [0.29, 0.717) is 49.9 Å². The maximum absolute atomic E-state index is 12.6. The molecule has 2 aliphatic rings. The van der Waals surface area contributed by atoms with Gasteiger partial charge in [0.2, 0.25) is 5.91 Å². The lowest BCUT2D eigenvalue weighted by molar-refractivity contribution is -0.137. The van der Waals surface area contributed by atoms with Gasteiger partial charge in [0.15, 0.2) is 6.61 Å². The third-order valence-electron chi connectivity index (χ3n) is 6.61. The normalized spacial score (nSPS) is 17.3. The van der Waals surface area contributed by atoms with Gasteiger partial charge in [-0.15, -0.1) is 11.8 Å². The molecule has 0 aromatic heterocycles. The third-order valence-corrected chi connectivity index (χ3v) is 7.86. The Morgan fingerprint density at radius 1 is 1.00 bits per heavy atom. The number of morpholine rings is 1. The molecular formula is C30H30N4O5S. The first-order valence-electron chi connectivity index (χ1n) is 13.0. The van der Waals surface area contributed by atoms with Crippen LogP contribution in [-0.4, -0.2) is 72.4 Å². The number of nitrogens with one attached hydrogen (secondary N) is 1. The molecule has 0 bridgehead atoms. The lowest BCUT2D eigenvalue weighted by Crippen LogP contribution is -2.42. The summed E-state index contributed by atoms with van der Waals surface area (Å²) in [7, 11) is 0. The molecule has 0 saturated carbocycles. The smallest absolute Gasteiger partial charge is 0.271 e. The fourth-order valence-corrected chi connectivity index (χ4v) is 5.60. The SMILES string of the molecule is O=C(N/N=C\c1ccc(OCC(=O)N2CCOCC2)cc1)c1ccc([C@H]2SCC(=O)N2Cc2ccccc2)cc1. The van der Waals surface area contributed by atoms with Crippen LogP contribution in [0.2, 0.25) is 0 Å². The number of hydrogen-bond donors (Lipinski definition) is 1. The van der Waals surface area contributed by atoms with E-state index in [1.165, 1.54) is 6.21 Å². The predicted molar refractivity (Wildman–Crippen MR) is 153 cm³/mol. The Balaban J connectivity index is 1.11. The van der Waals surface area contributed by atoms with Gasteiger partial charge in [-0.3, -0.25) is 14.4 Å². The molecule has 10 heteroatoms. The van der Waals surface area contributed by atoms with Gasteiger partial charge in [-0.2, -0.15) is 5.10 Å². The van der Waals surface area contributed by atoms with Crippen molar-refractivity contribution in [1.29, 1.82) is 0 Å². The van der Waals surface area contributed by atoms with E-state index < -0.39 is 0 Å². The van der Waals surface area contributed by atoms with Gasteiger partial charge in [-0.25, -0.2) is 5.43 Å². The largest absolute Gasteiger partial charge is 0.484 e. The van der Waals surface area contributed by atoms with Crippen LogP contribution in [0.15, 0.2) is 84.0 Å². The first-order chi connectivity index (χ1) is 19.6. The minimum absolute atomic E-state index is 0.0247. The van der Waals surface area contributed by atoms with E-state index >= 15 is 0 Å². The molecule has 2 heterocycles. The molecule has 0 aliphatic carbocycles. The second-order valence-corrected chi connectivity index (χ2v) is 10.4. The number of thioether (sulfide) groups is 1. The van der Waals surface area contributed by atoms with Crippen LogP contribution < -0.4 is 10.2 Å². The molecule has 2 aliphatic heterocycles. The summed E-state index contributed by atoms with van der Waals surface area (Å²) in [6.07, 6.45) is 1.54. The quantitative estimate of drug-likeness (QED) is 0.319. The molecular weight excluding hydrogens is 528 g/mol. The summed E-state index contributed by atoms with van der Waals surface area (Å²) in [5.74, 6) is 0.725. The Morgan fingerprint density at radius 3 is 2.45 bits per heavy atom. The minimum atomic E-state index is -0.333. The third kappa shape index (κ3) is 7.08. The number of amides is 3. The second kappa shape index (κ2) is 13.3. The fourth-order valence-electron chi connectivity index (χ4n) is 4.41. The monoisotopic (exact) mass is 558 g/mol. The number of benzene rings is 3. The summed E-state index contributed by atoms with van der Waals surface area (Å²) >= 11 is 1.59. The van der Waals surface area contributed by atoms with Crippen molar-refractivity contribution in [1.82, 2.24) is 15.2 Å². The zero-order chi connectivity index (χ0) is 27.7. The van der Waals surface area contributed by atoms with Crippen LogP contribution >= 0.6 is 11.8 Å². The van der Waals surface area contributed by atoms with E-state index in [-0.39, 0.29) is 29.7 Å². The Morgan fingerprint density at radius 2 is 1.73 bits per heavy atom. The number of hydrazone groups is 1. The van der Waals surface area contributed by atoms with Gasteiger partial charge in [0.25, 0.3) is 11.8 Å². The van der Waals surface area contributed by atoms with E-state index in [1.807, 2.05) is 47.4 Å². The lowest BCUT2D eigenvalue weighted by atomic mass is 10.1. The highest BCUT2D eigenvalue weighted by Gasteiger charge is 2.32. The Bertz CT molecular complexity index is 1340. The first-order valence-corrected chi connectivity index (χ1v) is 14.1. The molecule has 0 radical (unpaired) electrons. The van der Waals surface area contributed by atoms with Gasteiger partial charge >= 0.3 is 0 Å². The molecule has 5 rings (SSSR count). The Hall–Kier alpha value is -4.15. The molecule has 3 aromatic carbocycles. The van der Waals surface area contributed by atoms with Crippen molar-refractivity contribution >= 4 is 35.7 Å². The summed E-state index contributed by atoms with van der Waals surface area (Å²) in [5, 5.41) is 3.97. The van der Waals surface area contributed by atoms with Crippen LogP contribution in [0.1, 0.15) is 32.4 Å². The number of carbonyl (C=O) groups is 3. The Kier molecular flexibility index (Phi) is 9.10. The zero-order valence-corrected chi connectivity index (χ0v) is 22.7. The van der Waals surface area contributed by atoms with Crippen LogP contribution in [0.4, 0.5) is 0 Å². The van der Waals surface area contributed by atoms with Crippen molar-refractivity contribution in [3.05, 3.63) is 101 Å². The average molecular weight is 559 g/mol. The number of ether oxygens (including phenoxy) is 2. The topological polar surface area (TPSA) is 101 Å². The van der Waals surface area contributed by atoms with E-state index in [2.05, 4.69) is 10.5 Å². The molecule has 1 N–H and O–H groups in total. The van der Waals surface area contributed by atoms with Crippen LogP contribution in [0.25, 0.3) is 0 Å². The van der Waals surface area contributed by atoms with Crippen molar-refractivity contribution in [2.45, 2.75) is 11.9 Å². The van der Waals surface area contributed by atoms with E-state index in [1.54, 1.807) is 53.1 Å². The number of carbonyl (C=O) groups excluding carboxylic acids is 3. The minimum Gasteiger partial charge on any atom is -0.484 e. The number of rotatable bonds is 9. The second-order valence-electron chi connectivity index (χ2n) is 9.34. The van der Waals surface area contributed by atoms with Gasteiger partial charge in [0.1, 0.15) is 11.1 Å². The molecule has 2 saturated heterocycles. The number of nitrogens with zero attached hydrogens (tertiary/aromatic N) is 3. The van der Waals surface area contributed by atoms with E-state index in [9.17, 15) is 14.4 Å². The lowest BCUT2D eigenvalue weighted by Gasteiger charge is -2.26. The summed E-state index contributed by atoms with van der Waals surface area (Å²) in [6, 6.07) is 24.3. The molecule has 9 nitrogen and oxygen atoms in total. The molecule has 40 heavy (non-hydrogen) atoms. The summed E-state index contributed by atoms with van der Waals surface area (Å²) in [4.78, 5) is 40.9. The summed E-state index contributed by atoms with van der Waals surface area (Å²) < 4.78 is 10.9. The molecule has 3 aromatic rings. The van der Waals surface area contributed by atoms with Crippen molar-refractivity contribution in [2.75, 3.05) is 38.7 Å². The summed E-state index contributed by atoms with van der Waals surface area (Å²) in [6.45, 7) is 2.80. The van der Waals surface area contributed by atoms with Crippen LogP contribution in [0.3, 0.4) is 0 Å². The van der Waals surface area contributed by atoms with Gasteiger partial charge < -0.3 is 19.3 Å². The van der Waals surface area contributed by atoms with E-state index in [0.717, 1.165) is 16.7 Å². The van der Waals surface area contributed by atoms with Crippen LogP contribution in [0.5, 0.6) is 5.75 Å². The number of hydrogen-bond acceptors (Lipinski definition) is 7. The predicted octanol–water partition coefficient (Wildman–Crippen LogP) is 3.46. The van der Waals surface area contributed by atoms with Gasteiger partial charge in [0, 0.05) is 25.2 Å². The highest BCUT2D eigenvalue weighted by molar-refractivity contribution is 8.00. The van der Waals surface area contributed by atoms with Crippen molar-refractivity contribution in [3.8, 4) is 5.75 Å². The van der Waals surface area contributed by atoms with Gasteiger partial charge in [-0.05, 0) is 53.1 Å². The fraction of sp³-hybridized carbons (Fsp3) is 0.267. The highest BCUT2D eigenvalue weighted by Crippen LogP contribution is 2.39. The maximum Gasteiger partial charge on any atom is 0.271 e. The average Bonchev–Trinajstić information content (AvgIpc) is 3.37. The first kappa shape index (κ1) is 27.4. The molecule has 0 unspecified atom stereocenters. The zero-order valence-electron chi connectivity index (χ0n) is 21.9. The standard InChI is InChI=1S/C30H30N4O5S/c35-27(33-14-16-38-17-15-33)20-39-26-12-6-22(7-13-26)18-31-32-29(37)24-8-10-25(11-9-24)30-34(28(36)21-40-30)19-23-4-2-1-3-5-23/h1-13,18,30H,14-17,19-21H2,(H,32,37)/b31-18-/t30-/m1/s1. The highest BCUT2D eigenvalue weighted by atomic mass is 32.2. The van der Waals surface area contributed by atoms with Crippen LogP contribution in [-0.2, 0) is 20.9 Å². The van der Waals surface area contributed by atoms with Gasteiger partial charge in [-0.1, -0.05) is 42.5 Å². The molecule has 3 amide bonds. The summed E-state index contributed by atoms with van der Waals surface area (Å²) in [5.41, 5.74) is 5.84. The van der Waals surface area contributed by atoms with Crippen molar-refractivity contribution in [3.63, 3.8) is 0 Å². The molecule has 2 fully saturated rings. The van der Waals surface area contributed by atoms with Crippen molar-refractivity contribution in [2.24, 2.45) is 5.10 Å². The van der Waals surface area contributed by atoms with Gasteiger partial charge in [0.05, 0.1) is 25.2 Å². The molecule has 206 valence electrons.